The lowest BCUT2D eigenvalue weighted by molar-refractivity contribution is 0.0635. The predicted octanol–water partition coefficient (Wildman–Crippen LogP) is 1.02. The molecule has 19 heavy (non-hydrogen) atoms. The molecule has 1 aromatic rings. The van der Waals surface area contributed by atoms with Crippen LogP contribution in [0.2, 0.25) is 0 Å². The third-order valence-corrected chi connectivity index (χ3v) is 4.42. The minimum atomic E-state index is 0.0789. The molecule has 3 heterocycles. The number of aryl methyl sites for hydroxylation is 1. The monoisotopic (exact) mass is 262 g/mol. The molecule has 104 valence electrons. The fraction of sp³-hybridized carbons (Fsp3) is 0.714. The molecule has 5 heteroatoms. The first-order valence-corrected chi connectivity index (χ1v) is 7.25. The molecule has 0 saturated carbocycles. The predicted molar refractivity (Wildman–Crippen MR) is 72.9 cm³/mol. The summed E-state index contributed by atoms with van der Waals surface area (Å²) in [4.78, 5) is 18.6. The Hall–Kier alpha value is -1.36. The smallest absolute Gasteiger partial charge is 0.289 e. The number of carbonyl (C=O) groups excluding carboxylic acids is 1. The van der Waals surface area contributed by atoms with Gasteiger partial charge in [0.05, 0.1) is 0 Å². The lowest BCUT2D eigenvalue weighted by atomic mass is 9.90. The van der Waals surface area contributed by atoms with Crippen LogP contribution >= 0.6 is 0 Å². The van der Waals surface area contributed by atoms with E-state index in [-0.39, 0.29) is 5.91 Å². The molecule has 0 spiro atoms. The van der Waals surface area contributed by atoms with Gasteiger partial charge in [-0.25, -0.2) is 4.98 Å². The third-order valence-electron chi connectivity index (χ3n) is 4.42. The highest BCUT2D eigenvalue weighted by molar-refractivity contribution is 5.90. The van der Waals surface area contributed by atoms with Gasteiger partial charge in [0.1, 0.15) is 0 Å². The van der Waals surface area contributed by atoms with Gasteiger partial charge in [-0.1, -0.05) is 0 Å². The van der Waals surface area contributed by atoms with Crippen molar-refractivity contribution in [3.8, 4) is 0 Å². The molecular weight excluding hydrogens is 240 g/mol. The zero-order valence-electron chi connectivity index (χ0n) is 11.5. The summed E-state index contributed by atoms with van der Waals surface area (Å²) in [5.74, 6) is 1.25. The Labute approximate surface area is 114 Å². The summed E-state index contributed by atoms with van der Waals surface area (Å²) >= 11 is 0. The van der Waals surface area contributed by atoms with Crippen molar-refractivity contribution in [2.75, 3.05) is 19.6 Å². The summed E-state index contributed by atoms with van der Waals surface area (Å²) in [6.45, 7) is 2.88. The second-order valence-corrected chi connectivity index (χ2v) is 5.72. The second kappa shape index (κ2) is 5.33. The van der Waals surface area contributed by atoms with Gasteiger partial charge in [-0.05, 0) is 38.1 Å². The molecule has 0 aliphatic carbocycles. The van der Waals surface area contributed by atoms with Crippen molar-refractivity contribution in [3.05, 3.63) is 18.2 Å². The van der Waals surface area contributed by atoms with Crippen LogP contribution in [-0.2, 0) is 7.05 Å². The van der Waals surface area contributed by atoms with E-state index >= 15 is 0 Å². The minimum Gasteiger partial charge on any atom is -0.336 e. The van der Waals surface area contributed by atoms with Gasteiger partial charge in [0, 0.05) is 38.6 Å². The molecule has 0 radical (unpaired) electrons. The number of rotatable bonds is 2. The highest BCUT2D eigenvalue weighted by atomic mass is 16.2. The number of imidazole rings is 1. The van der Waals surface area contributed by atoms with Crippen LogP contribution in [0, 0.1) is 5.92 Å². The lowest BCUT2D eigenvalue weighted by Gasteiger charge is -2.35. The molecule has 0 bridgehead atoms. The van der Waals surface area contributed by atoms with Crippen molar-refractivity contribution in [1.29, 1.82) is 0 Å². The quantitative estimate of drug-likeness (QED) is 0.866. The van der Waals surface area contributed by atoms with E-state index in [0.717, 1.165) is 26.1 Å². The van der Waals surface area contributed by atoms with Gasteiger partial charge in [0.15, 0.2) is 5.82 Å². The van der Waals surface area contributed by atoms with Crippen LogP contribution in [0.15, 0.2) is 12.4 Å². The fourth-order valence-electron chi connectivity index (χ4n) is 3.35. The molecule has 0 aromatic carbocycles. The van der Waals surface area contributed by atoms with Crippen molar-refractivity contribution in [1.82, 2.24) is 19.8 Å². The largest absolute Gasteiger partial charge is 0.336 e. The van der Waals surface area contributed by atoms with E-state index in [1.165, 1.54) is 19.3 Å². The normalized spacial score (nSPS) is 27.7. The van der Waals surface area contributed by atoms with Crippen LogP contribution in [-0.4, -0.2) is 46.0 Å². The average Bonchev–Trinajstić information content (AvgIpc) is 3.09. The number of amides is 1. The summed E-state index contributed by atoms with van der Waals surface area (Å²) in [5.41, 5.74) is 0. The topological polar surface area (TPSA) is 50.2 Å². The Morgan fingerprint density at radius 2 is 2.32 bits per heavy atom. The zero-order chi connectivity index (χ0) is 13.2. The third kappa shape index (κ3) is 2.52. The summed E-state index contributed by atoms with van der Waals surface area (Å²) in [5, 5.41) is 3.57. The average molecular weight is 262 g/mol. The van der Waals surface area contributed by atoms with Gasteiger partial charge in [-0.15, -0.1) is 0 Å². The summed E-state index contributed by atoms with van der Waals surface area (Å²) in [7, 11) is 1.88. The Balaban J connectivity index is 1.67. The molecule has 2 aliphatic rings. The minimum absolute atomic E-state index is 0.0789. The number of likely N-dealkylation sites (tertiary alicyclic amines) is 1. The molecule has 2 saturated heterocycles. The Bertz CT molecular complexity index is 450. The van der Waals surface area contributed by atoms with Crippen LogP contribution in [0.5, 0.6) is 0 Å². The maximum atomic E-state index is 12.5. The summed E-state index contributed by atoms with van der Waals surface area (Å²) < 4.78 is 1.81. The number of aromatic nitrogens is 2. The van der Waals surface area contributed by atoms with E-state index < -0.39 is 0 Å². The molecular formula is C14H22N4O. The van der Waals surface area contributed by atoms with Gasteiger partial charge >= 0.3 is 0 Å². The first kappa shape index (κ1) is 12.7. The standard InChI is InChI=1S/C14H22N4O/c1-17-9-7-16-13(17)14(19)18-8-3-4-11(10-18)12-5-2-6-15-12/h7,9,11-12,15H,2-6,8,10H2,1H3. The molecule has 3 rings (SSSR count). The van der Waals surface area contributed by atoms with E-state index in [4.69, 9.17) is 0 Å². The van der Waals surface area contributed by atoms with E-state index in [1.54, 1.807) is 10.8 Å². The Kier molecular flexibility index (Phi) is 3.55. The van der Waals surface area contributed by atoms with E-state index in [2.05, 4.69) is 10.3 Å². The van der Waals surface area contributed by atoms with E-state index in [1.807, 2.05) is 18.1 Å². The van der Waals surface area contributed by atoms with E-state index in [9.17, 15) is 4.79 Å². The zero-order valence-corrected chi connectivity index (χ0v) is 11.5. The van der Waals surface area contributed by atoms with Crippen LogP contribution in [0.1, 0.15) is 36.3 Å². The van der Waals surface area contributed by atoms with Crippen molar-refractivity contribution in [2.24, 2.45) is 13.0 Å². The van der Waals surface area contributed by atoms with Gasteiger partial charge in [-0.2, -0.15) is 0 Å². The molecule has 5 nitrogen and oxygen atoms in total. The van der Waals surface area contributed by atoms with Crippen molar-refractivity contribution in [3.63, 3.8) is 0 Å². The van der Waals surface area contributed by atoms with Gasteiger partial charge in [0.2, 0.25) is 0 Å². The van der Waals surface area contributed by atoms with Crippen molar-refractivity contribution in [2.45, 2.75) is 31.7 Å². The first-order valence-electron chi connectivity index (χ1n) is 7.25. The SMILES string of the molecule is Cn1ccnc1C(=O)N1CCCC(C2CCCN2)C1. The Morgan fingerprint density at radius 1 is 1.42 bits per heavy atom. The molecule has 2 fully saturated rings. The van der Waals surface area contributed by atoms with Gasteiger partial charge in [0.25, 0.3) is 5.91 Å². The number of carbonyl (C=O) groups is 1. The van der Waals surface area contributed by atoms with Crippen molar-refractivity contribution < 1.29 is 4.79 Å². The molecule has 2 aliphatic heterocycles. The maximum absolute atomic E-state index is 12.5. The fourth-order valence-corrected chi connectivity index (χ4v) is 3.35. The Morgan fingerprint density at radius 3 is 3.00 bits per heavy atom. The summed E-state index contributed by atoms with van der Waals surface area (Å²) in [6, 6.07) is 0.608. The maximum Gasteiger partial charge on any atom is 0.289 e. The van der Waals surface area contributed by atoms with Crippen LogP contribution in [0.25, 0.3) is 0 Å². The lowest BCUT2D eigenvalue weighted by Crippen LogP contribution is -2.46. The van der Waals surface area contributed by atoms with Crippen molar-refractivity contribution >= 4 is 5.91 Å². The van der Waals surface area contributed by atoms with Crippen LogP contribution in [0.3, 0.4) is 0 Å². The van der Waals surface area contributed by atoms with E-state index in [0.29, 0.717) is 17.8 Å². The summed E-state index contributed by atoms with van der Waals surface area (Å²) in [6.07, 6.45) is 8.39. The number of hydrogen-bond donors (Lipinski definition) is 1. The van der Waals surface area contributed by atoms with Crippen LogP contribution < -0.4 is 5.32 Å². The first-order chi connectivity index (χ1) is 9.25. The van der Waals surface area contributed by atoms with Crippen LogP contribution in [0.4, 0.5) is 0 Å². The molecule has 1 aromatic heterocycles. The number of piperidine rings is 1. The van der Waals surface area contributed by atoms with Gasteiger partial charge in [-0.3, -0.25) is 4.79 Å². The molecule has 2 unspecified atom stereocenters. The number of nitrogens with zero attached hydrogens (tertiary/aromatic N) is 3. The molecule has 1 amide bonds. The molecule has 1 N–H and O–H groups in total. The van der Waals surface area contributed by atoms with Gasteiger partial charge < -0.3 is 14.8 Å². The number of hydrogen-bond acceptors (Lipinski definition) is 3. The number of nitrogens with one attached hydrogen (secondary N) is 1. The second-order valence-electron chi connectivity index (χ2n) is 5.72. The highest BCUT2D eigenvalue weighted by Gasteiger charge is 2.32. The highest BCUT2D eigenvalue weighted by Crippen LogP contribution is 2.25. The molecule has 2 atom stereocenters.